The molecule has 23 heavy (non-hydrogen) atoms. The van der Waals surface area contributed by atoms with Crippen LogP contribution < -0.4 is 5.43 Å². The van der Waals surface area contributed by atoms with E-state index in [0.717, 1.165) is 17.7 Å². The van der Waals surface area contributed by atoms with E-state index in [1.165, 1.54) is 16.8 Å². The van der Waals surface area contributed by atoms with Gasteiger partial charge in [0, 0.05) is 25.4 Å². The Hall–Kier alpha value is -2.81. The van der Waals surface area contributed by atoms with Crippen LogP contribution in [0.15, 0.2) is 77.5 Å². The van der Waals surface area contributed by atoms with Crippen molar-refractivity contribution in [1.29, 1.82) is 0 Å². The molecule has 116 valence electrons. The summed E-state index contributed by atoms with van der Waals surface area (Å²) >= 11 is 0. The minimum absolute atomic E-state index is 0.963. The number of nitrogens with zero attached hydrogens (tertiary/aromatic N) is 2. The molecule has 0 bridgehead atoms. The highest BCUT2D eigenvalue weighted by Gasteiger charge is 2.12. The van der Waals surface area contributed by atoms with E-state index in [0.29, 0.717) is 0 Å². The maximum atomic E-state index is 4.37. The van der Waals surface area contributed by atoms with E-state index in [1.807, 2.05) is 42.6 Å². The summed E-state index contributed by atoms with van der Waals surface area (Å²) in [5, 5.41) is 4.37. The molecule has 3 nitrogen and oxygen atoms in total. The average Bonchev–Trinajstić information content (AvgIpc) is 3.06. The number of hydrogen-bond donors (Lipinski definition) is 1. The predicted molar refractivity (Wildman–Crippen MR) is 98.5 cm³/mol. The van der Waals surface area contributed by atoms with Crippen LogP contribution in [0.3, 0.4) is 0 Å². The van der Waals surface area contributed by atoms with E-state index in [9.17, 15) is 0 Å². The standard InChI is InChI=1S/C20H21N3/c1-23(2)19-13-12-16(14-19)20-11-7-6-8-17(20)15-21-22-18-9-4-3-5-10-18/h3-11,13-15,22H,12H2,1-2H3. The molecule has 0 radical (unpaired) electrons. The first-order valence-electron chi connectivity index (χ1n) is 7.75. The summed E-state index contributed by atoms with van der Waals surface area (Å²) in [5.41, 5.74) is 8.99. The fraction of sp³-hybridized carbons (Fsp3) is 0.150. The predicted octanol–water partition coefficient (Wildman–Crippen LogP) is 4.37. The molecule has 0 aromatic heterocycles. The molecule has 1 aliphatic carbocycles. The molecule has 0 spiro atoms. The Balaban J connectivity index is 1.78. The van der Waals surface area contributed by atoms with Crippen LogP contribution in [0, 0.1) is 0 Å². The lowest BCUT2D eigenvalue weighted by atomic mass is 10.00. The van der Waals surface area contributed by atoms with E-state index in [4.69, 9.17) is 0 Å². The normalized spacial score (nSPS) is 13.8. The molecule has 0 fully saturated rings. The van der Waals surface area contributed by atoms with Crippen molar-refractivity contribution < 1.29 is 0 Å². The van der Waals surface area contributed by atoms with Crippen molar-refractivity contribution in [1.82, 2.24) is 4.90 Å². The van der Waals surface area contributed by atoms with Crippen LogP contribution in [0.4, 0.5) is 5.69 Å². The maximum Gasteiger partial charge on any atom is 0.0561 e. The van der Waals surface area contributed by atoms with Crippen molar-refractivity contribution in [2.45, 2.75) is 6.42 Å². The SMILES string of the molecule is CN(C)C1=CCC(c2ccccc2C=NNc2ccccc2)=C1. The molecule has 0 atom stereocenters. The highest BCUT2D eigenvalue weighted by molar-refractivity contribution is 5.90. The van der Waals surface area contributed by atoms with Gasteiger partial charge in [-0.15, -0.1) is 0 Å². The summed E-state index contributed by atoms with van der Waals surface area (Å²) in [5.74, 6) is 0. The summed E-state index contributed by atoms with van der Waals surface area (Å²) in [6.45, 7) is 0. The third kappa shape index (κ3) is 3.69. The van der Waals surface area contributed by atoms with Gasteiger partial charge in [0.15, 0.2) is 0 Å². The highest BCUT2D eigenvalue weighted by atomic mass is 15.3. The lowest BCUT2D eigenvalue weighted by Crippen LogP contribution is -2.07. The Labute approximate surface area is 137 Å². The Bertz CT molecular complexity index is 755. The molecule has 2 aromatic carbocycles. The van der Waals surface area contributed by atoms with Crippen LogP contribution in [-0.2, 0) is 0 Å². The van der Waals surface area contributed by atoms with Gasteiger partial charge < -0.3 is 4.90 Å². The minimum Gasteiger partial charge on any atom is -0.378 e. The van der Waals surface area contributed by atoms with Gasteiger partial charge in [-0.05, 0) is 35.8 Å². The molecule has 3 rings (SSSR count). The largest absolute Gasteiger partial charge is 0.378 e. The average molecular weight is 303 g/mol. The molecular weight excluding hydrogens is 282 g/mol. The molecule has 0 aliphatic heterocycles. The zero-order chi connectivity index (χ0) is 16.1. The van der Waals surface area contributed by atoms with Crippen molar-refractivity contribution in [2.24, 2.45) is 5.10 Å². The zero-order valence-electron chi connectivity index (χ0n) is 13.5. The van der Waals surface area contributed by atoms with Gasteiger partial charge in [-0.1, -0.05) is 48.5 Å². The molecule has 0 amide bonds. The van der Waals surface area contributed by atoms with E-state index in [2.05, 4.69) is 59.9 Å². The van der Waals surface area contributed by atoms with E-state index in [-0.39, 0.29) is 0 Å². The number of likely N-dealkylation sites (N-methyl/N-ethyl adjacent to an activating group) is 1. The number of benzene rings is 2. The van der Waals surface area contributed by atoms with Crippen LogP contribution in [0.25, 0.3) is 5.57 Å². The van der Waals surface area contributed by atoms with E-state index in [1.54, 1.807) is 0 Å². The molecular formula is C20H21N3. The van der Waals surface area contributed by atoms with Crippen molar-refractivity contribution in [3.8, 4) is 0 Å². The fourth-order valence-electron chi connectivity index (χ4n) is 2.60. The number of rotatable bonds is 5. The molecule has 0 heterocycles. The van der Waals surface area contributed by atoms with E-state index >= 15 is 0 Å². The van der Waals surface area contributed by atoms with Crippen LogP contribution in [0.1, 0.15) is 17.5 Å². The summed E-state index contributed by atoms with van der Waals surface area (Å²) < 4.78 is 0. The van der Waals surface area contributed by atoms with Gasteiger partial charge >= 0.3 is 0 Å². The van der Waals surface area contributed by atoms with Crippen LogP contribution in [0.2, 0.25) is 0 Å². The summed E-state index contributed by atoms with van der Waals surface area (Å²) in [7, 11) is 4.14. The van der Waals surface area contributed by atoms with Crippen molar-refractivity contribution in [3.63, 3.8) is 0 Å². The summed E-state index contributed by atoms with van der Waals surface area (Å²) in [6.07, 6.45) is 7.35. The van der Waals surface area contributed by atoms with Gasteiger partial charge in [0.2, 0.25) is 0 Å². The zero-order valence-corrected chi connectivity index (χ0v) is 13.5. The molecule has 0 saturated carbocycles. The molecule has 0 saturated heterocycles. The smallest absolute Gasteiger partial charge is 0.0561 e. The number of anilines is 1. The first kappa shape index (κ1) is 15.1. The van der Waals surface area contributed by atoms with Gasteiger partial charge in [-0.3, -0.25) is 5.43 Å². The molecule has 0 unspecified atom stereocenters. The van der Waals surface area contributed by atoms with Crippen molar-refractivity contribution in [3.05, 3.63) is 83.6 Å². The van der Waals surface area contributed by atoms with Crippen LogP contribution >= 0.6 is 0 Å². The second-order valence-electron chi connectivity index (χ2n) is 5.72. The third-order valence-electron chi connectivity index (χ3n) is 3.85. The van der Waals surface area contributed by atoms with Gasteiger partial charge in [0.25, 0.3) is 0 Å². The first-order chi connectivity index (χ1) is 11.2. The van der Waals surface area contributed by atoms with Gasteiger partial charge in [-0.2, -0.15) is 5.10 Å². The fourth-order valence-corrected chi connectivity index (χ4v) is 2.60. The second kappa shape index (κ2) is 6.97. The Kier molecular flexibility index (Phi) is 4.57. The summed E-state index contributed by atoms with van der Waals surface area (Å²) in [6, 6.07) is 18.3. The van der Waals surface area contributed by atoms with E-state index < -0.39 is 0 Å². The monoisotopic (exact) mass is 303 g/mol. The Morgan fingerprint density at radius 1 is 1.00 bits per heavy atom. The highest BCUT2D eigenvalue weighted by Crippen LogP contribution is 2.29. The Morgan fingerprint density at radius 3 is 2.48 bits per heavy atom. The topological polar surface area (TPSA) is 27.6 Å². The van der Waals surface area contributed by atoms with Gasteiger partial charge in [0.1, 0.15) is 0 Å². The molecule has 1 N–H and O–H groups in total. The van der Waals surface area contributed by atoms with Gasteiger partial charge in [-0.25, -0.2) is 0 Å². The lowest BCUT2D eigenvalue weighted by molar-refractivity contribution is 0.531. The minimum atomic E-state index is 0.963. The van der Waals surface area contributed by atoms with Crippen molar-refractivity contribution in [2.75, 3.05) is 19.5 Å². The number of nitrogens with one attached hydrogen (secondary N) is 1. The first-order valence-corrected chi connectivity index (χ1v) is 7.75. The van der Waals surface area contributed by atoms with Crippen molar-refractivity contribution >= 4 is 17.5 Å². The van der Waals surface area contributed by atoms with Crippen LogP contribution in [-0.4, -0.2) is 25.2 Å². The third-order valence-corrected chi connectivity index (χ3v) is 3.85. The molecule has 1 aliphatic rings. The number of hydrogen-bond acceptors (Lipinski definition) is 3. The maximum absolute atomic E-state index is 4.37. The lowest BCUT2D eigenvalue weighted by Gasteiger charge is -2.11. The number of para-hydroxylation sites is 1. The molecule has 2 aromatic rings. The number of hydrazone groups is 1. The summed E-state index contributed by atoms with van der Waals surface area (Å²) in [4.78, 5) is 2.14. The molecule has 3 heteroatoms. The quantitative estimate of drug-likeness (QED) is 0.656. The van der Waals surface area contributed by atoms with Crippen LogP contribution in [0.5, 0.6) is 0 Å². The van der Waals surface area contributed by atoms with Gasteiger partial charge in [0.05, 0.1) is 11.9 Å². The Morgan fingerprint density at radius 2 is 1.74 bits per heavy atom. The second-order valence-corrected chi connectivity index (χ2v) is 5.72. The number of allylic oxidation sites excluding steroid dienone is 3.